The average molecular weight is 386 g/mol. The normalized spacial score (nSPS) is 15.2. The van der Waals surface area contributed by atoms with Gasteiger partial charge in [-0.05, 0) is 44.3 Å². The molecule has 2 aromatic carbocycles. The van der Waals surface area contributed by atoms with Crippen molar-refractivity contribution in [3.63, 3.8) is 0 Å². The summed E-state index contributed by atoms with van der Waals surface area (Å²) < 4.78 is 1.13. The highest BCUT2D eigenvalue weighted by Gasteiger charge is 2.37. The molecule has 0 fully saturated rings. The Bertz CT molecular complexity index is 1000. The summed E-state index contributed by atoms with van der Waals surface area (Å²) in [6.07, 6.45) is 0. The van der Waals surface area contributed by atoms with Crippen molar-refractivity contribution in [3.05, 3.63) is 58.1 Å². The molecule has 132 valence electrons. The first-order valence-electron chi connectivity index (χ1n) is 8.17. The minimum atomic E-state index is -0.523. The summed E-state index contributed by atoms with van der Waals surface area (Å²) in [6.45, 7) is 2.35. The quantitative estimate of drug-likeness (QED) is 0.633. The minimum Gasteiger partial charge on any atom is -0.291 e. The van der Waals surface area contributed by atoms with E-state index >= 15 is 0 Å². The second kappa shape index (κ2) is 6.46. The number of thiazole rings is 1. The lowest BCUT2D eigenvalue weighted by Gasteiger charge is -2.28. The SMILES string of the molecule is C[C@H](c1nc2ccccc2s1)N(C)CN1C(=O)C(=O)c2cc(Cl)ccc21. The van der Waals surface area contributed by atoms with Gasteiger partial charge in [0.05, 0.1) is 34.2 Å². The number of hydrogen-bond acceptors (Lipinski definition) is 5. The number of aromatic nitrogens is 1. The van der Waals surface area contributed by atoms with Crippen LogP contribution in [0, 0.1) is 0 Å². The van der Waals surface area contributed by atoms with Crippen molar-refractivity contribution in [1.29, 1.82) is 0 Å². The number of carbonyl (C=O) groups is 2. The highest BCUT2D eigenvalue weighted by molar-refractivity contribution is 7.18. The van der Waals surface area contributed by atoms with Crippen LogP contribution < -0.4 is 4.90 Å². The molecule has 1 aliphatic rings. The molecule has 0 radical (unpaired) electrons. The van der Waals surface area contributed by atoms with Crippen molar-refractivity contribution in [2.45, 2.75) is 13.0 Å². The number of carbonyl (C=O) groups excluding carboxylic acids is 2. The molecular weight excluding hydrogens is 370 g/mol. The third kappa shape index (κ3) is 2.80. The second-order valence-corrected chi connectivity index (χ2v) is 7.82. The number of Topliss-reactive ketones (excluding diaryl/α,β-unsaturated/α-hetero) is 1. The number of anilines is 1. The summed E-state index contributed by atoms with van der Waals surface area (Å²) in [4.78, 5) is 32.8. The van der Waals surface area contributed by atoms with E-state index in [0.717, 1.165) is 15.2 Å². The summed E-state index contributed by atoms with van der Waals surface area (Å²) in [6, 6.07) is 13.0. The summed E-state index contributed by atoms with van der Waals surface area (Å²) in [5.41, 5.74) is 1.94. The molecule has 1 amide bonds. The van der Waals surface area contributed by atoms with Gasteiger partial charge in [0, 0.05) is 5.02 Å². The largest absolute Gasteiger partial charge is 0.300 e. The van der Waals surface area contributed by atoms with Gasteiger partial charge in [-0.25, -0.2) is 4.98 Å². The van der Waals surface area contributed by atoms with E-state index < -0.39 is 11.7 Å². The maximum absolute atomic E-state index is 12.4. The number of benzene rings is 2. The lowest BCUT2D eigenvalue weighted by atomic mass is 10.1. The van der Waals surface area contributed by atoms with Gasteiger partial charge < -0.3 is 0 Å². The lowest BCUT2D eigenvalue weighted by molar-refractivity contribution is -0.114. The standard InChI is InChI=1S/C19H16ClN3O2S/c1-11(18-21-14-5-3-4-6-16(14)26-18)22(2)10-23-15-8-7-12(20)9-13(15)17(24)19(23)25/h3-9,11H,10H2,1-2H3/t11-/m1/s1. The predicted molar refractivity (Wildman–Crippen MR) is 104 cm³/mol. The van der Waals surface area contributed by atoms with Crippen LogP contribution in [0.3, 0.4) is 0 Å². The van der Waals surface area contributed by atoms with Gasteiger partial charge in [0.1, 0.15) is 5.01 Å². The van der Waals surface area contributed by atoms with Crippen LogP contribution in [0.5, 0.6) is 0 Å². The third-order valence-corrected chi connectivity index (χ3v) is 6.07. The number of para-hydroxylation sites is 1. The van der Waals surface area contributed by atoms with E-state index in [1.165, 1.54) is 4.90 Å². The molecule has 26 heavy (non-hydrogen) atoms. The first kappa shape index (κ1) is 17.1. The van der Waals surface area contributed by atoms with Gasteiger partial charge in [-0.3, -0.25) is 19.4 Å². The van der Waals surface area contributed by atoms with Crippen LogP contribution in [0.15, 0.2) is 42.5 Å². The van der Waals surface area contributed by atoms with Crippen molar-refractivity contribution in [3.8, 4) is 0 Å². The molecule has 0 spiro atoms. The topological polar surface area (TPSA) is 53.5 Å². The Morgan fingerprint density at radius 2 is 2.00 bits per heavy atom. The van der Waals surface area contributed by atoms with E-state index in [1.54, 1.807) is 29.5 Å². The molecule has 1 aromatic heterocycles. The Labute approximate surface area is 159 Å². The summed E-state index contributed by atoms with van der Waals surface area (Å²) in [5, 5.41) is 1.42. The van der Waals surface area contributed by atoms with Crippen molar-refractivity contribution >= 4 is 50.5 Å². The molecule has 0 aliphatic carbocycles. The van der Waals surface area contributed by atoms with Crippen LogP contribution in [-0.2, 0) is 4.79 Å². The number of fused-ring (bicyclic) bond motifs is 2. The van der Waals surface area contributed by atoms with E-state index in [1.807, 2.05) is 43.1 Å². The van der Waals surface area contributed by atoms with Crippen molar-refractivity contribution < 1.29 is 9.59 Å². The van der Waals surface area contributed by atoms with E-state index in [-0.39, 0.29) is 6.04 Å². The molecule has 0 bridgehead atoms. The smallest absolute Gasteiger partial charge is 0.291 e. The Balaban J connectivity index is 1.59. The first-order chi connectivity index (χ1) is 12.5. The van der Waals surface area contributed by atoms with E-state index in [2.05, 4.69) is 4.98 Å². The van der Waals surface area contributed by atoms with Crippen LogP contribution in [0.4, 0.5) is 5.69 Å². The molecule has 0 saturated heterocycles. The maximum Gasteiger partial charge on any atom is 0.300 e. The van der Waals surface area contributed by atoms with Crippen LogP contribution in [0.1, 0.15) is 28.3 Å². The van der Waals surface area contributed by atoms with Gasteiger partial charge in [-0.15, -0.1) is 11.3 Å². The number of rotatable bonds is 4. The van der Waals surface area contributed by atoms with Crippen molar-refractivity contribution in [1.82, 2.24) is 9.88 Å². The fraction of sp³-hybridized carbons (Fsp3) is 0.211. The Morgan fingerprint density at radius 3 is 2.77 bits per heavy atom. The Morgan fingerprint density at radius 1 is 1.23 bits per heavy atom. The van der Waals surface area contributed by atoms with Crippen LogP contribution in [0.25, 0.3) is 10.2 Å². The minimum absolute atomic E-state index is 0.00616. The Kier molecular flexibility index (Phi) is 4.26. The average Bonchev–Trinajstić information content (AvgIpc) is 3.16. The number of amides is 1. The summed E-state index contributed by atoms with van der Waals surface area (Å²) in [5.74, 6) is -1.03. The van der Waals surface area contributed by atoms with Crippen LogP contribution >= 0.6 is 22.9 Å². The zero-order chi connectivity index (χ0) is 18.4. The molecule has 1 aliphatic heterocycles. The van der Waals surface area contributed by atoms with Crippen LogP contribution in [0.2, 0.25) is 5.02 Å². The predicted octanol–water partition coefficient (Wildman–Crippen LogP) is 4.13. The zero-order valence-electron chi connectivity index (χ0n) is 14.3. The molecule has 7 heteroatoms. The molecule has 0 saturated carbocycles. The molecule has 4 rings (SSSR count). The maximum atomic E-state index is 12.4. The third-order valence-electron chi connectivity index (χ3n) is 4.63. The highest BCUT2D eigenvalue weighted by atomic mass is 35.5. The van der Waals surface area contributed by atoms with Gasteiger partial charge in [0.2, 0.25) is 0 Å². The van der Waals surface area contributed by atoms with E-state index in [4.69, 9.17) is 11.6 Å². The van der Waals surface area contributed by atoms with E-state index in [9.17, 15) is 9.59 Å². The fourth-order valence-electron chi connectivity index (χ4n) is 3.02. The Hall–Kier alpha value is -2.28. The van der Waals surface area contributed by atoms with Gasteiger partial charge in [0.15, 0.2) is 0 Å². The number of nitrogens with zero attached hydrogens (tertiary/aromatic N) is 3. The summed E-state index contributed by atoms with van der Waals surface area (Å²) in [7, 11) is 1.92. The molecule has 3 aromatic rings. The van der Waals surface area contributed by atoms with Gasteiger partial charge in [-0.1, -0.05) is 23.7 Å². The van der Waals surface area contributed by atoms with Gasteiger partial charge in [-0.2, -0.15) is 0 Å². The lowest BCUT2D eigenvalue weighted by Crippen LogP contribution is -2.40. The zero-order valence-corrected chi connectivity index (χ0v) is 15.8. The number of halogens is 1. The molecule has 5 nitrogen and oxygen atoms in total. The molecule has 1 atom stereocenters. The van der Waals surface area contributed by atoms with Crippen molar-refractivity contribution in [2.24, 2.45) is 0 Å². The second-order valence-electron chi connectivity index (χ2n) is 6.32. The molecule has 2 heterocycles. The van der Waals surface area contributed by atoms with E-state index in [0.29, 0.717) is 22.9 Å². The number of hydrogen-bond donors (Lipinski definition) is 0. The van der Waals surface area contributed by atoms with Crippen LogP contribution in [-0.4, -0.2) is 35.3 Å². The number of ketones is 1. The van der Waals surface area contributed by atoms with Crippen molar-refractivity contribution in [2.75, 3.05) is 18.6 Å². The molecule has 0 N–H and O–H groups in total. The fourth-order valence-corrected chi connectivity index (χ4v) is 4.27. The first-order valence-corrected chi connectivity index (χ1v) is 9.36. The van der Waals surface area contributed by atoms with Gasteiger partial charge in [0.25, 0.3) is 5.78 Å². The molecular formula is C19H16ClN3O2S. The summed E-state index contributed by atoms with van der Waals surface area (Å²) >= 11 is 7.60. The van der Waals surface area contributed by atoms with Gasteiger partial charge >= 0.3 is 5.91 Å². The molecule has 0 unspecified atom stereocenters. The highest BCUT2D eigenvalue weighted by Crippen LogP contribution is 2.33. The monoisotopic (exact) mass is 385 g/mol.